The Labute approximate surface area is 159 Å². The van der Waals surface area contributed by atoms with Crippen LogP contribution in [0.5, 0.6) is 0 Å². The van der Waals surface area contributed by atoms with Crippen LogP contribution in [-0.2, 0) is 19.5 Å². The molecule has 27 heavy (non-hydrogen) atoms. The second-order valence-corrected chi connectivity index (χ2v) is 7.60. The molecular formula is C20H17N5OS. The van der Waals surface area contributed by atoms with Gasteiger partial charge in [-0.25, -0.2) is 15.0 Å². The Balaban J connectivity index is 1.42. The van der Waals surface area contributed by atoms with Crippen LogP contribution >= 0.6 is 11.3 Å². The van der Waals surface area contributed by atoms with Crippen LogP contribution < -0.4 is 5.56 Å². The summed E-state index contributed by atoms with van der Waals surface area (Å²) in [7, 11) is 0. The molecule has 5 rings (SSSR count). The number of fused-ring (bicyclic) bond motifs is 2. The third kappa shape index (κ3) is 3.05. The van der Waals surface area contributed by atoms with Crippen LogP contribution in [0.25, 0.3) is 21.5 Å². The standard InChI is InChI=1S/C20H17N5OS/c26-20-16-10-25(9-14-11-27-18-4-2-1-3-15(14)18)6-5-17(16)23-19(24-20)13-7-21-12-22-8-13/h1-4,7-8,11-12H,5-6,9-10H2,(H,23,24,26). The van der Waals surface area contributed by atoms with Crippen molar-refractivity contribution in [2.24, 2.45) is 0 Å². The Morgan fingerprint density at radius 1 is 1.19 bits per heavy atom. The Morgan fingerprint density at radius 2 is 2.04 bits per heavy atom. The van der Waals surface area contributed by atoms with E-state index in [1.165, 1.54) is 22.0 Å². The third-order valence-electron chi connectivity index (χ3n) is 4.94. The van der Waals surface area contributed by atoms with Gasteiger partial charge in [-0.2, -0.15) is 0 Å². The molecule has 7 heteroatoms. The van der Waals surface area contributed by atoms with E-state index >= 15 is 0 Å². The first-order chi connectivity index (χ1) is 13.3. The molecule has 0 saturated heterocycles. The highest BCUT2D eigenvalue weighted by Gasteiger charge is 2.22. The molecule has 3 aromatic heterocycles. The lowest BCUT2D eigenvalue weighted by Crippen LogP contribution is -2.35. The Bertz CT molecular complexity index is 1170. The first kappa shape index (κ1) is 16.3. The summed E-state index contributed by atoms with van der Waals surface area (Å²) in [4.78, 5) is 30.5. The number of H-pyrrole nitrogens is 1. The van der Waals surface area contributed by atoms with Gasteiger partial charge in [-0.15, -0.1) is 11.3 Å². The Hall–Kier alpha value is -2.90. The van der Waals surface area contributed by atoms with Crippen molar-refractivity contribution in [1.82, 2.24) is 24.8 Å². The zero-order valence-electron chi connectivity index (χ0n) is 14.6. The number of thiophene rings is 1. The van der Waals surface area contributed by atoms with Crippen molar-refractivity contribution in [1.29, 1.82) is 0 Å². The molecule has 1 aliphatic rings. The molecule has 0 aliphatic carbocycles. The van der Waals surface area contributed by atoms with Gasteiger partial charge in [0.15, 0.2) is 0 Å². The smallest absolute Gasteiger partial charge is 0.255 e. The van der Waals surface area contributed by atoms with Gasteiger partial charge in [0.1, 0.15) is 12.2 Å². The molecular weight excluding hydrogens is 358 g/mol. The van der Waals surface area contributed by atoms with Gasteiger partial charge in [0, 0.05) is 43.1 Å². The maximum atomic E-state index is 12.7. The van der Waals surface area contributed by atoms with Gasteiger partial charge in [0.05, 0.1) is 16.8 Å². The van der Waals surface area contributed by atoms with E-state index in [0.29, 0.717) is 12.4 Å². The predicted octanol–water partition coefficient (Wildman–Crippen LogP) is 3.00. The summed E-state index contributed by atoms with van der Waals surface area (Å²) in [5.41, 5.74) is 3.62. The van der Waals surface area contributed by atoms with Crippen molar-refractivity contribution < 1.29 is 0 Å². The zero-order valence-corrected chi connectivity index (χ0v) is 15.4. The van der Waals surface area contributed by atoms with Gasteiger partial charge in [-0.3, -0.25) is 9.69 Å². The third-order valence-corrected chi connectivity index (χ3v) is 5.95. The molecule has 1 N–H and O–H groups in total. The average Bonchev–Trinajstić information content (AvgIpc) is 3.12. The van der Waals surface area contributed by atoms with E-state index in [-0.39, 0.29) is 5.56 Å². The monoisotopic (exact) mass is 375 g/mol. The van der Waals surface area contributed by atoms with Crippen LogP contribution in [0.1, 0.15) is 16.8 Å². The Morgan fingerprint density at radius 3 is 2.93 bits per heavy atom. The van der Waals surface area contributed by atoms with E-state index in [1.807, 2.05) is 0 Å². The molecule has 0 radical (unpaired) electrons. The number of aromatic amines is 1. The largest absolute Gasteiger partial charge is 0.306 e. The molecule has 4 aromatic rings. The van der Waals surface area contributed by atoms with Gasteiger partial charge in [-0.1, -0.05) is 18.2 Å². The van der Waals surface area contributed by atoms with Crippen LogP contribution in [-0.4, -0.2) is 31.4 Å². The molecule has 134 valence electrons. The first-order valence-electron chi connectivity index (χ1n) is 8.83. The molecule has 0 fully saturated rings. The van der Waals surface area contributed by atoms with Gasteiger partial charge in [0.2, 0.25) is 0 Å². The van der Waals surface area contributed by atoms with Crippen molar-refractivity contribution >= 4 is 21.4 Å². The highest BCUT2D eigenvalue weighted by atomic mass is 32.1. The maximum Gasteiger partial charge on any atom is 0.255 e. The Kier molecular flexibility index (Phi) is 4.03. The van der Waals surface area contributed by atoms with E-state index in [0.717, 1.165) is 36.3 Å². The molecule has 4 heterocycles. The van der Waals surface area contributed by atoms with Crippen molar-refractivity contribution in [3.8, 4) is 11.4 Å². The topological polar surface area (TPSA) is 74.8 Å². The second-order valence-electron chi connectivity index (χ2n) is 6.68. The molecule has 0 spiro atoms. The summed E-state index contributed by atoms with van der Waals surface area (Å²) < 4.78 is 1.30. The van der Waals surface area contributed by atoms with E-state index < -0.39 is 0 Å². The maximum absolute atomic E-state index is 12.7. The fourth-order valence-corrected chi connectivity index (χ4v) is 4.52. The van der Waals surface area contributed by atoms with Crippen LogP contribution in [0, 0.1) is 0 Å². The van der Waals surface area contributed by atoms with E-state index in [9.17, 15) is 4.79 Å². The summed E-state index contributed by atoms with van der Waals surface area (Å²) in [6.07, 6.45) is 5.55. The van der Waals surface area contributed by atoms with Gasteiger partial charge >= 0.3 is 0 Å². The summed E-state index contributed by atoms with van der Waals surface area (Å²) in [5.74, 6) is 0.539. The number of nitrogens with one attached hydrogen (secondary N) is 1. The van der Waals surface area contributed by atoms with Gasteiger partial charge in [0.25, 0.3) is 5.56 Å². The molecule has 1 aromatic carbocycles. The number of hydrogen-bond acceptors (Lipinski definition) is 6. The lowest BCUT2D eigenvalue weighted by atomic mass is 10.1. The lowest BCUT2D eigenvalue weighted by molar-refractivity contribution is 0.243. The quantitative estimate of drug-likeness (QED) is 0.596. The fourth-order valence-electron chi connectivity index (χ4n) is 3.57. The summed E-state index contributed by atoms with van der Waals surface area (Å²) in [5, 5.41) is 3.53. The number of hydrogen-bond donors (Lipinski definition) is 1. The highest BCUT2D eigenvalue weighted by Crippen LogP contribution is 2.28. The highest BCUT2D eigenvalue weighted by molar-refractivity contribution is 7.17. The van der Waals surface area contributed by atoms with Crippen LogP contribution in [0.15, 0.2) is 53.2 Å². The first-order valence-corrected chi connectivity index (χ1v) is 9.71. The van der Waals surface area contributed by atoms with E-state index in [4.69, 9.17) is 0 Å². The summed E-state index contributed by atoms with van der Waals surface area (Å²) in [6, 6.07) is 8.47. The van der Waals surface area contributed by atoms with Gasteiger partial charge in [-0.05, 0) is 22.4 Å². The van der Waals surface area contributed by atoms with Crippen molar-refractivity contribution in [3.05, 3.63) is 75.5 Å². The minimum absolute atomic E-state index is 0.0706. The minimum atomic E-state index is -0.0706. The van der Waals surface area contributed by atoms with Crippen molar-refractivity contribution in [2.45, 2.75) is 19.5 Å². The molecule has 6 nitrogen and oxygen atoms in total. The molecule has 0 unspecified atom stereocenters. The molecule has 0 saturated carbocycles. The van der Waals surface area contributed by atoms with E-state index in [2.05, 4.69) is 54.5 Å². The number of nitrogens with zero attached hydrogens (tertiary/aromatic N) is 4. The number of aromatic nitrogens is 4. The summed E-state index contributed by atoms with van der Waals surface area (Å²) in [6.45, 7) is 2.35. The van der Waals surface area contributed by atoms with Crippen molar-refractivity contribution in [3.63, 3.8) is 0 Å². The summed E-state index contributed by atoms with van der Waals surface area (Å²) >= 11 is 1.77. The van der Waals surface area contributed by atoms with Crippen LogP contribution in [0.2, 0.25) is 0 Å². The molecule has 0 bridgehead atoms. The lowest BCUT2D eigenvalue weighted by Gasteiger charge is -2.27. The zero-order chi connectivity index (χ0) is 18.2. The SMILES string of the molecule is O=c1[nH]c(-c2cncnc2)nc2c1CN(Cc1csc3ccccc13)CC2. The van der Waals surface area contributed by atoms with E-state index in [1.54, 1.807) is 23.7 Å². The molecule has 1 aliphatic heterocycles. The molecule has 0 amide bonds. The second kappa shape index (κ2) is 6.68. The van der Waals surface area contributed by atoms with Crippen LogP contribution in [0.3, 0.4) is 0 Å². The predicted molar refractivity (Wildman–Crippen MR) is 106 cm³/mol. The van der Waals surface area contributed by atoms with Gasteiger partial charge < -0.3 is 4.98 Å². The number of benzene rings is 1. The minimum Gasteiger partial charge on any atom is -0.306 e. The van der Waals surface area contributed by atoms with Crippen molar-refractivity contribution in [2.75, 3.05) is 6.54 Å². The van der Waals surface area contributed by atoms with Crippen LogP contribution in [0.4, 0.5) is 0 Å². The molecule has 0 atom stereocenters. The average molecular weight is 375 g/mol. The normalized spacial score (nSPS) is 14.4. The fraction of sp³-hybridized carbons (Fsp3) is 0.200. The number of rotatable bonds is 3.